The molecule has 29 heavy (non-hydrogen) atoms. The summed E-state index contributed by atoms with van der Waals surface area (Å²) in [5.41, 5.74) is 2.61. The summed E-state index contributed by atoms with van der Waals surface area (Å²) >= 11 is 1.82. The van der Waals surface area contributed by atoms with E-state index in [9.17, 15) is 9.90 Å². The van der Waals surface area contributed by atoms with Crippen molar-refractivity contribution in [2.24, 2.45) is 5.92 Å². The van der Waals surface area contributed by atoms with Crippen LogP contribution in [0.1, 0.15) is 47.5 Å². The summed E-state index contributed by atoms with van der Waals surface area (Å²) in [6.45, 7) is 1.40. The lowest BCUT2D eigenvalue weighted by molar-refractivity contribution is -0.141. The van der Waals surface area contributed by atoms with Gasteiger partial charge in [-0.25, -0.2) is 9.97 Å². The van der Waals surface area contributed by atoms with Crippen LogP contribution in [0.2, 0.25) is 0 Å². The van der Waals surface area contributed by atoms with Crippen molar-refractivity contribution >= 4 is 33.3 Å². The first kappa shape index (κ1) is 18.6. The molecule has 5 nitrogen and oxygen atoms in total. The van der Waals surface area contributed by atoms with Crippen molar-refractivity contribution in [3.8, 4) is 0 Å². The van der Waals surface area contributed by atoms with E-state index in [1.807, 2.05) is 29.5 Å². The van der Waals surface area contributed by atoms with E-state index in [1.165, 1.54) is 34.2 Å². The van der Waals surface area contributed by atoms with Crippen LogP contribution in [0, 0.1) is 5.92 Å². The topological polar surface area (TPSA) is 66.3 Å². The summed E-state index contributed by atoms with van der Waals surface area (Å²) in [7, 11) is 0. The van der Waals surface area contributed by atoms with Crippen LogP contribution in [-0.4, -0.2) is 34.1 Å². The van der Waals surface area contributed by atoms with Crippen LogP contribution in [0.25, 0.3) is 10.2 Å². The van der Waals surface area contributed by atoms with Gasteiger partial charge in [0.25, 0.3) is 0 Å². The van der Waals surface area contributed by atoms with Gasteiger partial charge in [0.2, 0.25) is 0 Å². The van der Waals surface area contributed by atoms with Gasteiger partial charge in [0.15, 0.2) is 0 Å². The van der Waals surface area contributed by atoms with Gasteiger partial charge in [-0.1, -0.05) is 30.3 Å². The standard InChI is InChI=1S/C23H25N3O2S/c27-23(28)16-9-6-12-26(14-16)21-20-17-10-4-5-11-18(17)29-22(20)25-19(24-21)13-15-7-2-1-3-8-15/h1-3,7-8,16H,4-6,9-14H2,(H,27,28). The van der Waals surface area contributed by atoms with Crippen molar-refractivity contribution in [2.75, 3.05) is 18.0 Å². The number of carbonyl (C=O) groups is 1. The minimum absolute atomic E-state index is 0.319. The number of fused-ring (bicyclic) bond motifs is 3. The highest BCUT2D eigenvalue weighted by atomic mass is 32.1. The highest BCUT2D eigenvalue weighted by Gasteiger charge is 2.29. The second kappa shape index (κ2) is 7.75. The van der Waals surface area contributed by atoms with Gasteiger partial charge in [-0.05, 0) is 49.7 Å². The van der Waals surface area contributed by atoms with Gasteiger partial charge in [-0.2, -0.15) is 0 Å². The Bertz CT molecular complexity index is 1050. The third-order valence-electron chi connectivity index (χ3n) is 6.12. The number of hydrogen-bond acceptors (Lipinski definition) is 5. The molecular weight excluding hydrogens is 382 g/mol. The van der Waals surface area contributed by atoms with E-state index in [2.05, 4.69) is 17.0 Å². The second-order valence-corrected chi connectivity index (χ2v) is 9.22. The molecule has 3 heterocycles. The molecule has 1 aliphatic heterocycles. The summed E-state index contributed by atoms with van der Waals surface area (Å²) in [5, 5.41) is 10.7. The molecule has 1 saturated heterocycles. The minimum atomic E-state index is -0.697. The van der Waals surface area contributed by atoms with Crippen molar-refractivity contribution in [3.05, 3.63) is 52.2 Å². The number of anilines is 1. The fourth-order valence-corrected chi connectivity index (χ4v) is 5.91. The predicted molar refractivity (Wildman–Crippen MR) is 116 cm³/mol. The Hall–Kier alpha value is -2.47. The van der Waals surface area contributed by atoms with Crippen molar-refractivity contribution in [2.45, 2.75) is 44.9 Å². The maximum atomic E-state index is 11.6. The van der Waals surface area contributed by atoms with Gasteiger partial charge in [0.05, 0.1) is 11.3 Å². The Morgan fingerprint density at radius 1 is 1.14 bits per heavy atom. The zero-order valence-electron chi connectivity index (χ0n) is 16.4. The molecule has 2 aromatic heterocycles. The molecule has 1 unspecified atom stereocenters. The average Bonchev–Trinajstić information content (AvgIpc) is 3.12. The van der Waals surface area contributed by atoms with E-state index < -0.39 is 5.97 Å². The second-order valence-electron chi connectivity index (χ2n) is 8.14. The molecule has 5 rings (SSSR count). The molecule has 1 atom stereocenters. The molecular formula is C23H25N3O2S. The Morgan fingerprint density at radius 2 is 1.97 bits per heavy atom. The molecule has 0 spiro atoms. The molecule has 1 N–H and O–H groups in total. The van der Waals surface area contributed by atoms with Gasteiger partial charge in [-0.15, -0.1) is 11.3 Å². The molecule has 6 heteroatoms. The highest BCUT2D eigenvalue weighted by Crippen LogP contribution is 2.40. The number of nitrogens with zero attached hydrogens (tertiary/aromatic N) is 3. The van der Waals surface area contributed by atoms with Crippen molar-refractivity contribution in [1.29, 1.82) is 0 Å². The minimum Gasteiger partial charge on any atom is -0.481 e. The average molecular weight is 408 g/mol. The third-order valence-corrected chi connectivity index (χ3v) is 7.30. The summed E-state index contributed by atoms with van der Waals surface area (Å²) in [5.74, 6) is 0.777. The molecule has 150 valence electrons. The molecule has 1 aliphatic carbocycles. The van der Waals surface area contributed by atoms with E-state index in [-0.39, 0.29) is 5.92 Å². The normalized spacial score (nSPS) is 19.3. The first-order valence-corrected chi connectivity index (χ1v) is 11.3. The third kappa shape index (κ3) is 3.62. The number of hydrogen-bond donors (Lipinski definition) is 1. The van der Waals surface area contributed by atoms with Gasteiger partial charge in [-0.3, -0.25) is 4.79 Å². The quantitative estimate of drug-likeness (QED) is 0.692. The van der Waals surface area contributed by atoms with Gasteiger partial charge in [0, 0.05) is 24.4 Å². The van der Waals surface area contributed by atoms with Gasteiger partial charge < -0.3 is 10.0 Å². The number of aryl methyl sites for hydroxylation is 2. The van der Waals surface area contributed by atoms with Crippen LogP contribution in [0.3, 0.4) is 0 Å². The lowest BCUT2D eigenvalue weighted by atomic mass is 9.95. The van der Waals surface area contributed by atoms with Crippen molar-refractivity contribution in [1.82, 2.24) is 9.97 Å². The highest BCUT2D eigenvalue weighted by molar-refractivity contribution is 7.19. The Morgan fingerprint density at radius 3 is 2.79 bits per heavy atom. The van der Waals surface area contributed by atoms with Crippen LogP contribution < -0.4 is 4.90 Å². The summed E-state index contributed by atoms with van der Waals surface area (Å²) in [4.78, 5) is 26.3. The SMILES string of the molecule is O=C(O)C1CCCN(c2nc(Cc3ccccc3)nc3sc4c(c23)CCCC4)C1. The van der Waals surface area contributed by atoms with Gasteiger partial charge >= 0.3 is 5.97 Å². The number of carboxylic acid groups (broad SMARTS) is 1. The first-order chi connectivity index (χ1) is 14.2. The molecule has 0 saturated carbocycles. The molecule has 0 radical (unpaired) electrons. The van der Waals surface area contributed by atoms with Crippen LogP contribution >= 0.6 is 11.3 Å². The lowest BCUT2D eigenvalue weighted by Gasteiger charge is -2.32. The van der Waals surface area contributed by atoms with Crippen LogP contribution in [-0.2, 0) is 24.1 Å². The Balaban J connectivity index is 1.61. The fraction of sp³-hybridized carbons (Fsp3) is 0.435. The Kier molecular flexibility index (Phi) is 4.96. The van der Waals surface area contributed by atoms with Crippen molar-refractivity contribution < 1.29 is 9.90 Å². The number of piperidine rings is 1. The van der Waals surface area contributed by atoms with E-state index >= 15 is 0 Å². The zero-order chi connectivity index (χ0) is 19.8. The predicted octanol–water partition coefficient (Wildman–Crippen LogP) is 4.46. The molecule has 1 fully saturated rings. The molecule has 3 aromatic rings. The number of aliphatic carboxylic acids is 1. The van der Waals surface area contributed by atoms with E-state index in [0.717, 1.165) is 48.7 Å². The lowest BCUT2D eigenvalue weighted by Crippen LogP contribution is -2.39. The van der Waals surface area contributed by atoms with E-state index in [4.69, 9.17) is 9.97 Å². The maximum Gasteiger partial charge on any atom is 0.308 e. The number of rotatable bonds is 4. The largest absolute Gasteiger partial charge is 0.481 e. The molecule has 1 aromatic carbocycles. The molecule has 0 bridgehead atoms. The molecule has 2 aliphatic rings. The number of thiophene rings is 1. The summed E-state index contributed by atoms with van der Waals surface area (Å²) in [6.07, 6.45) is 7.00. The summed E-state index contributed by atoms with van der Waals surface area (Å²) < 4.78 is 0. The summed E-state index contributed by atoms with van der Waals surface area (Å²) in [6, 6.07) is 10.3. The molecule has 0 amide bonds. The smallest absolute Gasteiger partial charge is 0.308 e. The van der Waals surface area contributed by atoms with Crippen molar-refractivity contribution in [3.63, 3.8) is 0 Å². The monoisotopic (exact) mass is 407 g/mol. The van der Waals surface area contributed by atoms with E-state index in [1.54, 1.807) is 0 Å². The number of aromatic nitrogens is 2. The van der Waals surface area contributed by atoms with Crippen LogP contribution in [0.4, 0.5) is 5.82 Å². The van der Waals surface area contributed by atoms with E-state index in [0.29, 0.717) is 13.0 Å². The van der Waals surface area contributed by atoms with Gasteiger partial charge in [0.1, 0.15) is 16.5 Å². The Labute approximate surface area is 174 Å². The maximum absolute atomic E-state index is 11.6. The van der Waals surface area contributed by atoms with Crippen LogP contribution in [0.15, 0.2) is 30.3 Å². The fourth-order valence-electron chi connectivity index (χ4n) is 4.64. The zero-order valence-corrected chi connectivity index (χ0v) is 17.2. The number of carboxylic acids is 1. The first-order valence-electron chi connectivity index (χ1n) is 10.5. The van der Waals surface area contributed by atoms with Crippen LogP contribution in [0.5, 0.6) is 0 Å². The number of benzene rings is 1.